The predicted octanol–water partition coefficient (Wildman–Crippen LogP) is 2.43. The summed E-state index contributed by atoms with van der Waals surface area (Å²) in [5.41, 5.74) is 1.85. The van der Waals surface area contributed by atoms with Crippen molar-refractivity contribution in [3.8, 4) is 0 Å². The summed E-state index contributed by atoms with van der Waals surface area (Å²) in [4.78, 5) is 13.5. The number of amides is 2. The highest BCUT2D eigenvalue weighted by Crippen LogP contribution is 2.24. The van der Waals surface area contributed by atoms with E-state index in [1.54, 1.807) is 6.08 Å². The van der Waals surface area contributed by atoms with Crippen molar-refractivity contribution >= 4 is 17.0 Å². The first-order valence-electron chi connectivity index (χ1n) is 6.89. The second-order valence-electron chi connectivity index (χ2n) is 4.76. The summed E-state index contributed by atoms with van der Waals surface area (Å²) in [6, 6.07) is 7.53. The third-order valence-corrected chi connectivity index (χ3v) is 3.35. The van der Waals surface area contributed by atoms with Gasteiger partial charge in [-0.05, 0) is 13.0 Å². The molecule has 0 saturated carbocycles. The lowest BCUT2D eigenvalue weighted by Crippen LogP contribution is -2.41. The molecule has 2 aromatic rings. The molecule has 0 unspecified atom stereocenters. The van der Waals surface area contributed by atoms with E-state index < -0.39 is 0 Å². The molecule has 5 nitrogen and oxygen atoms in total. The fourth-order valence-corrected chi connectivity index (χ4v) is 2.21. The van der Waals surface area contributed by atoms with Gasteiger partial charge in [0.05, 0.1) is 13.2 Å². The van der Waals surface area contributed by atoms with E-state index in [1.165, 1.54) is 4.90 Å². The van der Waals surface area contributed by atoms with Gasteiger partial charge in [-0.3, -0.25) is 0 Å². The van der Waals surface area contributed by atoms with E-state index >= 15 is 0 Å². The van der Waals surface area contributed by atoms with Crippen LogP contribution in [0.1, 0.15) is 11.3 Å². The molecule has 2 amide bonds. The first kappa shape index (κ1) is 15.1. The van der Waals surface area contributed by atoms with Gasteiger partial charge in [0.15, 0.2) is 0 Å². The minimum Gasteiger partial charge on any atom is -0.459 e. The van der Waals surface area contributed by atoms with Crippen LogP contribution < -0.4 is 5.32 Å². The summed E-state index contributed by atoms with van der Waals surface area (Å²) >= 11 is 0. The number of hydrogen-bond donors (Lipinski definition) is 2. The minimum absolute atomic E-state index is 0.0784. The number of nitrogens with one attached hydrogen (secondary N) is 1. The average Bonchev–Trinajstić information content (AvgIpc) is 2.81. The van der Waals surface area contributed by atoms with Crippen LogP contribution in [-0.2, 0) is 6.54 Å². The molecule has 0 fully saturated rings. The van der Waals surface area contributed by atoms with Crippen molar-refractivity contribution in [2.24, 2.45) is 0 Å². The number of aliphatic hydroxyl groups excluding tert-OH is 1. The van der Waals surface area contributed by atoms with Gasteiger partial charge in [0, 0.05) is 24.0 Å². The second-order valence-corrected chi connectivity index (χ2v) is 4.76. The van der Waals surface area contributed by atoms with Crippen molar-refractivity contribution in [1.82, 2.24) is 10.2 Å². The Morgan fingerprint density at radius 3 is 2.90 bits per heavy atom. The zero-order valence-electron chi connectivity index (χ0n) is 12.1. The Bertz CT molecular complexity index is 633. The summed E-state index contributed by atoms with van der Waals surface area (Å²) in [5.74, 6) is 0.743. The van der Waals surface area contributed by atoms with Gasteiger partial charge in [-0.25, -0.2) is 4.79 Å². The molecule has 0 aliphatic carbocycles. The van der Waals surface area contributed by atoms with Gasteiger partial charge in [0.2, 0.25) is 0 Å². The minimum atomic E-state index is -0.246. The van der Waals surface area contributed by atoms with Gasteiger partial charge in [-0.2, -0.15) is 0 Å². The monoisotopic (exact) mass is 288 g/mol. The van der Waals surface area contributed by atoms with E-state index in [4.69, 9.17) is 9.52 Å². The maximum atomic E-state index is 12.0. The van der Waals surface area contributed by atoms with Gasteiger partial charge >= 0.3 is 6.03 Å². The van der Waals surface area contributed by atoms with Crippen LogP contribution >= 0.6 is 0 Å². The van der Waals surface area contributed by atoms with Crippen LogP contribution in [0.25, 0.3) is 11.0 Å². The Morgan fingerprint density at radius 1 is 1.48 bits per heavy atom. The van der Waals surface area contributed by atoms with Crippen molar-refractivity contribution < 1.29 is 14.3 Å². The highest BCUT2D eigenvalue weighted by atomic mass is 16.3. The van der Waals surface area contributed by atoms with E-state index in [0.29, 0.717) is 13.1 Å². The summed E-state index contributed by atoms with van der Waals surface area (Å²) < 4.78 is 5.75. The lowest BCUT2D eigenvalue weighted by molar-refractivity contribution is 0.182. The molecule has 0 bridgehead atoms. The number of carbonyl (C=O) groups excluding carboxylic acids is 1. The van der Waals surface area contributed by atoms with Crippen molar-refractivity contribution in [3.63, 3.8) is 0 Å². The number of carbonyl (C=O) groups is 1. The van der Waals surface area contributed by atoms with Crippen LogP contribution in [0.2, 0.25) is 0 Å². The summed E-state index contributed by atoms with van der Waals surface area (Å²) in [5, 5.41) is 12.8. The third-order valence-electron chi connectivity index (χ3n) is 3.35. The molecule has 1 heterocycles. The zero-order chi connectivity index (χ0) is 15.2. The van der Waals surface area contributed by atoms with E-state index in [9.17, 15) is 4.79 Å². The molecular weight excluding hydrogens is 268 g/mol. The highest BCUT2D eigenvalue weighted by molar-refractivity contribution is 5.82. The van der Waals surface area contributed by atoms with E-state index in [2.05, 4.69) is 11.9 Å². The van der Waals surface area contributed by atoms with Crippen molar-refractivity contribution in [2.45, 2.75) is 13.5 Å². The van der Waals surface area contributed by atoms with Crippen molar-refractivity contribution in [1.29, 1.82) is 0 Å². The zero-order valence-corrected chi connectivity index (χ0v) is 12.1. The maximum Gasteiger partial charge on any atom is 0.318 e. The van der Waals surface area contributed by atoms with Crippen LogP contribution in [0.5, 0.6) is 0 Å². The Labute approximate surface area is 123 Å². The molecule has 0 saturated heterocycles. The lowest BCUT2D eigenvalue weighted by atomic mass is 10.1. The van der Waals surface area contributed by atoms with Gasteiger partial charge in [0.1, 0.15) is 11.3 Å². The Kier molecular flexibility index (Phi) is 5.00. The van der Waals surface area contributed by atoms with Crippen molar-refractivity contribution in [2.75, 3.05) is 19.7 Å². The fraction of sp³-hybridized carbons (Fsp3) is 0.312. The first-order valence-corrected chi connectivity index (χ1v) is 6.89. The lowest BCUT2D eigenvalue weighted by Gasteiger charge is -2.20. The molecule has 2 N–H and O–H groups in total. The molecule has 0 aliphatic rings. The summed E-state index contributed by atoms with van der Waals surface area (Å²) in [7, 11) is 0. The molecule has 21 heavy (non-hydrogen) atoms. The number of urea groups is 1. The largest absolute Gasteiger partial charge is 0.459 e. The van der Waals surface area contributed by atoms with E-state index in [1.807, 2.05) is 31.2 Å². The van der Waals surface area contributed by atoms with Crippen LogP contribution in [-0.4, -0.2) is 35.7 Å². The molecule has 0 spiro atoms. The Hall–Kier alpha value is -2.27. The van der Waals surface area contributed by atoms with E-state index in [0.717, 1.165) is 22.3 Å². The quantitative estimate of drug-likeness (QED) is 0.802. The van der Waals surface area contributed by atoms with Gasteiger partial charge < -0.3 is 19.7 Å². The number of aryl methyl sites for hydroxylation is 1. The molecular formula is C16H20N2O3. The van der Waals surface area contributed by atoms with Gasteiger partial charge in [-0.1, -0.05) is 24.3 Å². The number of aliphatic hydroxyl groups is 1. The number of fused-ring (bicyclic) bond motifs is 1. The number of nitrogens with zero attached hydrogens (tertiary/aromatic N) is 1. The number of para-hydroxylation sites is 1. The highest BCUT2D eigenvalue weighted by Gasteiger charge is 2.14. The standard InChI is InChI=1S/C16H20N2O3/c1-3-8-18(9-10-19)16(20)17-11-15-12(2)13-6-4-5-7-14(13)21-15/h3-7,19H,1,8-11H2,2H3,(H,17,20). The van der Waals surface area contributed by atoms with Crippen LogP contribution in [0.3, 0.4) is 0 Å². The second kappa shape index (κ2) is 6.95. The molecule has 0 aliphatic heterocycles. The molecule has 2 rings (SSSR count). The molecule has 112 valence electrons. The van der Waals surface area contributed by atoms with Crippen molar-refractivity contribution in [3.05, 3.63) is 48.2 Å². The first-order chi connectivity index (χ1) is 10.2. The maximum absolute atomic E-state index is 12.0. The summed E-state index contributed by atoms with van der Waals surface area (Å²) in [6.45, 7) is 6.49. The number of rotatable bonds is 6. The predicted molar refractivity (Wildman–Crippen MR) is 82.0 cm³/mol. The van der Waals surface area contributed by atoms with E-state index in [-0.39, 0.29) is 19.2 Å². The van der Waals surface area contributed by atoms with Crippen LogP contribution in [0, 0.1) is 6.92 Å². The number of benzene rings is 1. The average molecular weight is 288 g/mol. The Balaban J connectivity index is 2.05. The number of furan rings is 1. The molecule has 5 heteroatoms. The van der Waals surface area contributed by atoms with Crippen LogP contribution in [0.4, 0.5) is 4.79 Å². The molecule has 1 aromatic carbocycles. The smallest absolute Gasteiger partial charge is 0.318 e. The molecule has 0 atom stereocenters. The fourth-order valence-electron chi connectivity index (χ4n) is 2.21. The van der Waals surface area contributed by atoms with Gasteiger partial charge in [-0.15, -0.1) is 6.58 Å². The van der Waals surface area contributed by atoms with Crippen LogP contribution in [0.15, 0.2) is 41.3 Å². The molecule has 0 radical (unpaired) electrons. The third kappa shape index (κ3) is 3.44. The van der Waals surface area contributed by atoms with Gasteiger partial charge in [0.25, 0.3) is 0 Å². The summed E-state index contributed by atoms with van der Waals surface area (Å²) in [6.07, 6.45) is 1.63. The Morgan fingerprint density at radius 2 is 2.24 bits per heavy atom. The number of hydrogen-bond acceptors (Lipinski definition) is 3. The normalized spacial score (nSPS) is 10.6. The SMILES string of the molecule is C=CCN(CCO)C(=O)NCc1oc2ccccc2c1C. The topological polar surface area (TPSA) is 65.7 Å². The molecule has 1 aromatic heterocycles.